The predicted molar refractivity (Wildman–Crippen MR) is 82.4 cm³/mol. The summed E-state index contributed by atoms with van der Waals surface area (Å²) in [5.41, 5.74) is 2.03. The van der Waals surface area contributed by atoms with Crippen molar-refractivity contribution in [2.24, 2.45) is 0 Å². The van der Waals surface area contributed by atoms with Gasteiger partial charge in [0.05, 0.1) is 7.11 Å². The summed E-state index contributed by atoms with van der Waals surface area (Å²) >= 11 is 5.84. The second-order valence-corrected chi connectivity index (χ2v) is 5.19. The fraction of sp³-hybridized carbons (Fsp3) is 0.118. The number of benzene rings is 2. The Kier molecular flexibility index (Phi) is 3.43. The Hall–Kier alpha value is -2.26. The van der Waals surface area contributed by atoms with Gasteiger partial charge in [-0.3, -0.25) is 4.79 Å². The molecule has 0 N–H and O–H groups in total. The summed E-state index contributed by atoms with van der Waals surface area (Å²) in [7, 11) is 1.61. The van der Waals surface area contributed by atoms with Crippen molar-refractivity contribution in [1.29, 1.82) is 0 Å². The van der Waals surface area contributed by atoms with Crippen LogP contribution >= 0.6 is 11.6 Å². The summed E-state index contributed by atoms with van der Waals surface area (Å²) in [4.78, 5) is 12.5. The molecule has 0 aliphatic heterocycles. The molecule has 0 bridgehead atoms. The Bertz CT molecular complexity index is 816. The van der Waals surface area contributed by atoms with Gasteiger partial charge in [0.2, 0.25) is 5.78 Å². The van der Waals surface area contributed by atoms with Gasteiger partial charge < -0.3 is 9.15 Å². The molecule has 0 aliphatic rings. The van der Waals surface area contributed by atoms with Crippen LogP contribution in [0.1, 0.15) is 21.7 Å². The molecule has 0 saturated heterocycles. The lowest BCUT2D eigenvalue weighted by atomic mass is 10.0. The second kappa shape index (κ2) is 5.26. The number of aryl methyl sites for hydroxylation is 1. The fourth-order valence-electron chi connectivity index (χ4n) is 2.28. The molecule has 0 radical (unpaired) electrons. The van der Waals surface area contributed by atoms with Crippen LogP contribution in [0.15, 0.2) is 46.9 Å². The van der Waals surface area contributed by atoms with Crippen molar-refractivity contribution in [3.63, 3.8) is 0 Å². The van der Waals surface area contributed by atoms with Gasteiger partial charge in [0.15, 0.2) is 5.76 Å². The summed E-state index contributed by atoms with van der Waals surface area (Å²) in [5, 5.41) is 1.48. The number of ether oxygens (including phenoxy) is 1. The van der Waals surface area contributed by atoms with E-state index in [0.717, 1.165) is 16.7 Å². The molecule has 3 aromatic rings. The first kappa shape index (κ1) is 13.7. The van der Waals surface area contributed by atoms with Gasteiger partial charge >= 0.3 is 0 Å². The van der Waals surface area contributed by atoms with Crippen LogP contribution < -0.4 is 4.74 Å². The zero-order valence-corrected chi connectivity index (χ0v) is 12.4. The van der Waals surface area contributed by atoms with E-state index in [1.807, 2.05) is 19.1 Å². The molecule has 0 aliphatic carbocycles. The summed E-state index contributed by atoms with van der Waals surface area (Å²) in [6.45, 7) is 1.87. The van der Waals surface area contributed by atoms with E-state index in [2.05, 4.69) is 0 Å². The molecule has 21 heavy (non-hydrogen) atoms. The van der Waals surface area contributed by atoms with Crippen molar-refractivity contribution in [3.05, 3.63) is 64.4 Å². The number of fused-ring (bicyclic) bond motifs is 1. The van der Waals surface area contributed by atoms with Gasteiger partial charge in [0, 0.05) is 21.5 Å². The molecule has 106 valence electrons. The van der Waals surface area contributed by atoms with Crippen molar-refractivity contribution in [1.82, 2.24) is 0 Å². The largest absolute Gasteiger partial charge is 0.497 e. The Morgan fingerprint density at radius 3 is 2.52 bits per heavy atom. The van der Waals surface area contributed by atoms with Gasteiger partial charge in [-0.25, -0.2) is 0 Å². The average Bonchev–Trinajstić information content (AvgIpc) is 2.84. The van der Waals surface area contributed by atoms with E-state index in [0.29, 0.717) is 21.9 Å². The van der Waals surface area contributed by atoms with Crippen molar-refractivity contribution in [2.75, 3.05) is 7.11 Å². The van der Waals surface area contributed by atoms with Crippen LogP contribution in [0.4, 0.5) is 0 Å². The summed E-state index contributed by atoms with van der Waals surface area (Å²) in [5.74, 6) is 0.928. The molecule has 0 fully saturated rings. The Labute approximate surface area is 127 Å². The van der Waals surface area contributed by atoms with Gasteiger partial charge in [-0.05, 0) is 49.4 Å². The van der Waals surface area contributed by atoms with Crippen LogP contribution in [-0.2, 0) is 0 Å². The highest BCUT2D eigenvalue weighted by molar-refractivity contribution is 6.30. The first-order chi connectivity index (χ1) is 10.1. The maximum Gasteiger partial charge on any atom is 0.228 e. The third kappa shape index (κ3) is 2.41. The minimum atomic E-state index is -0.153. The topological polar surface area (TPSA) is 39.4 Å². The standard InChI is InChI=1S/C17H13ClO3/c1-10-14-9-13(20-2)7-8-15(14)21-17(10)16(19)11-3-5-12(18)6-4-11/h3-9H,1-2H3. The summed E-state index contributed by atoms with van der Waals surface area (Å²) in [6.07, 6.45) is 0. The molecule has 4 heteroatoms. The maximum absolute atomic E-state index is 12.5. The van der Waals surface area contributed by atoms with Crippen LogP contribution in [0, 0.1) is 6.92 Å². The molecular weight excluding hydrogens is 288 g/mol. The number of ketones is 1. The number of furan rings is 1. The Balaban J connectivity index is 2.09. The number of carbonyl (C=O) groups excluding carboxylic acids is 1. The molecule has 0 saturated carbocycles. The van der Waals surface area contributed by atoms with Gasteiger partial charge in [0.1, 0.15) is 11.3 Å². The maximum atomic E-state index is 12.5. The van der Waals surface area contributed by atoms with E-state index in [1.165, 1.54) is 0 Å². The van der Waals surface area contributed by atoms with E-state index in [9.17, 15) is 4.79 Å². The van der Waals surface area contributed by atoms with Crippen LogP contribution in [0.2, 0.25) is 5.02 Å². The summed E-state index contributed by atoms with van der Waals surface area (Å²) in [6, 6.07) is 12.2. The van der Waals surface area contributed by atoms with Crippen LogP contribution in [0.25, 0.3) is 11.0 Å². The van der Waals surface area contributed by atoms with E-state index in [-0.39, 0.29) is 5.78 Å². The van der Waals surface area contributed by atoms with Crippen molar-refractivity contribution < 1.29 is 13.9 Å². The molecule has 3 rings (SSSR count). The van der Waals surface area contributed by atoms with Crippen molar-refractivity contribution in [2.45, 2.75) is 6.92 Å². The predicted octanol–water partition coefficient (Wildman–Crippen LogP) is 4.63. The average molecular weight is 301 g/mol. The van der Waals surface area contributed by atoms with Gasteiger partial charge in [-0.15, -0.1) is 0 Å². The monoisotopic (exact) mass is 300 g/mol. The SMILES string of the molecule is COc1ccc2oc(C(=O)c3ccc(Cl)cc3)c(C)c2c1. The highest BCUT2D eigenvalue weighted by atomic mass is 35.5. The lowest BCUT2D eigenvalue weighted by Crippen LogP contribution is -2.01. The first-order valence-corrected chi connectivity index (χ1v) is 6.85. The number of hydrogen-bond acceptors (Lipinski definition) is 3. The normalized spacial score (nSPS) is 10.8. The number of rotatable bonds is 3. The third-order valence-corrected chi connectivity index (χ3v) is 3.71. The highest BCUT2D eigenvalue weighted by Gasteiger charge is 2.19. The molecule has 2 aromatic carbocycles. The van der Waals surface area contributed by atoms with E-state index in [4.69, 9.17) is 20.8 Å². The minimum absolute atomic E-state index is 0.153. The van der Waals surface area contributed by atoms with E-state index < -0.39 is 0 Å². The number of hydrogen-bond donors (Lipinski definition) is 0. The quantitative estimate of drug-likeness (QED) is 0.662. The molecule has 0 spiro atoms. The molecule has 1 aromatic heterocycles. The van der Waals surface area contributed by atoms with Crippen LogP contribution in [-0.4, -0.2) is 12.9 Å². The third-order valence-electron chi connectivity index (χ3n) is 3.46. The smallest absolute Gasteiger partial charge is 0.228 e. The number of halogens is 1. The van der Waals surface area contributed by atoms with E-state index >= 15 is 0 Å². The van der Waals surface area contributed by atoms with Gasteiger partial charge in [-0.1, -0.05) is 11.6 Å². The fourth-order valence-corrected chi connectivity index (χ4v) is 2.40. The molecule has 0 atom stereocenters. The van der Waals surface area contributed by atoms with Gasteiger partial charge in [0.25, 0.3) is 0 Å². The Morgan fingerprint density at radius 1 is 1.14 bits per heavy atom. The molecular formula is C17H13ClO3. The number of methoxy groups -OCH3 is 1. The van der Waals surface area contributed by atoms with E-state index in [1.54, 1.807) is 37.4 Å². The summed E-state index contributed by atoms with van der Waals surface area (Å²) < 4.78 is 10.9. The van der Waals surface area contributed by atoms with Gasteiger partial charge in [-0.2, -0.15) is 0 Å². The van der Waals surface area contributed by atoms with Crippen LogP contribution in [0.5, 0.6) is 5.75 Å². The van der Waals surface area contributed by atoms with Crippen LogP contribution in [0.3, 0.4) is 0 Å². The number of carbonyl (C=O) groups is 1. The lowest BCUT2D eigenvalue weighted by molar-refractivity contribution is 0.101. The van der Waals surface area contributed by atoms with Crippen molar-refractivity contribution >= 4 is 28.4 Å². The Morgan fingerprint density at radius 2 is 1.86 bits per heavy atom. The second-order valence-electron chi connectivity index (χ2n) is 4.75. The highest BCUT2D eigenvalue weighted by Crippen LogP contribution is 2.30. The molecule has 1 heterocycles. The molecule has 0 unspecified atom stereocenters. The zero-order chi connectivity index (χ0) is 15.0. The zero-order valence-electron chi connectivity index (χ0n) is 11.6. The van der Waals surface area contributed by atoms with Crippen molar-refractivity contribution in [3.8, 4) is 5.75 Å². The molecule has 3 nitrogen and oxygen atoms in total. The lowest BCUT2D eigenvalue weighted by Gasteiger charge is -1.99. The molecule has 0 amide bonds. The minimum Gasteiger partial charge on any atom is -0.497 e. The first-order valence-electron chi connectivity index (χ1n) is 6.47.